The SMILES string of the molecule is CC(C)NC(=O)/C(C#N)=C\NC1CCN(C(=O)OC(C)(C)C)CC1. The van der Waals surface area contributed by atoms with Crippen molar-refractivity contribution < 1.29 is 14.3 Å². The van der Waals surface area contributed by atoms with Crippen LogP contribution in [0.1, 0.15) is 47.5 Å². The lowest BCUT2D eigenvalue weighted by Gasteiger charge is -2.33. The maximum Gasteiger partial charge on any atom is 0.410 e. The zero-order chi connectivity index (χ0) is 18.3. The van der Waals surface area contributed by atoms with Crippen molar-refractivity contribution in [2.75, 3.05) is 13.1 Å². The molecule has 1 saturated heterocycles. The number of nitriles is 1. The molecule has 1 fully saturated rings. The van der Waals surface area contributed by atoms with Crippen LogP contribution in [0.3, 0.4) is 0 Å². The minimum Gasteiger partial charge on any atom is -0.444 e. The number of hydrogen-bond acceptors (Lipinski definition) is 5. The van der Waals surface area contributed by atoms with Crippen LogP contribution in [-0.4, -0.2) is 47.7 Å². The van der Waals surface area contributed by atoms with Crippen LogP contribution in [0.15, 0.2) is 11.8 Å². The van der Waals surface area contributed by atoms with Gasteiger partial charge in [0, 0.05) is 31.4 Å². The molecule has 0 unspecified atom stereocenters. The molecule has 1 aliphatic heterocycles. The van der Waals surface area contributed by atoms with E-state index in [1.54, 1.807) is 4.90 Å². The van der Waals surface area contributed by atoms with Crippen LogP contribution in [0.5, 0.6) is 0 Å². The second kappa shape index (κ2) is 8.57. The van der Waals surface area contributed by atoms with Crippen LogP contribution in [0.25, 0.3) is 0 Å². The molecule has 0 aromatic rings. The molecule has 1 aliphatic rings. The van der Waals surface area contributed by atoms with Gasteiger partial charge in [-0.05, 0) is 47.5 Å². The van der Waals surface area contributed by atoms with E-state index in [1.807, 2.05) is 40.7 Å². The van der Waals surface area contributed by atoms with Crippen LogP contribution in [0, 0.1) is 11.3 Å². The van der Waals surface area contributed by atoms with Gasteiger partial charge >= 0.3 is 6.09 Å². The third-order valence-corrected chi connectivity index (χ3v) is 3.39. The molecular weight excluding hydrogens is 308 g/mol. The van der Waals surface area contributed by atoms with E-state index in [4.69, 9.17) is 10.00 Å². The molecular formula is C17H28N4O3. The number of likely N-dealkylation sites (tertiary alicyclic amines) is 1. The van der Waals surface area contributed by atoms with Gasteiger partial charge in [-0.3, -0.25) is 4.79 Å². The highest BCUT2D eigenvalue weighted by atomic mass is 16.6. The van der Waals surface area contributed by atoms with E-state index < -0.39 is 5.60 Å². The molecule has 0 spiro atoms. The van der Waals surface area contributed by atoms with Gasteiger partial charge in [-0.15, -0.1) is 0 Å². The van der Waals surface area contributed by atoms with E-state index in [0.717, 1.165) is 12.8 Å². The zero-order valence-electron chi connectivity index (χ0n) is 15.2. The third kappa shape index (κ3) is 6.90. The van der Waals surface area contributed by atoms with Crippen molar-refractivity contribution in [3.8, 4) is 6.07 Å². The average Bonchev–Trinajstić information content (AvgIpc) is 2.46. The predicted octanol–water partition coefficient (Wildman–Crippen LogP) is 1.91. The van der Waals surface area contributed by atoms with E-state index >= 15 is 0 Å². The maximum atomic E-state index is 12.0. The van der Waals surface area contributed by atoms with Crippen molar-refractivity contribution in [1.29, 1.82) is 5.26 Å². The van der Waals surface area contributed by atoms with Crippen molar-refractivity contribution in [3.05, 3.63) is 11.8 Å². The van der Waals surface area contributed by atoms with Crippen LogP contribution in [0.4, 0.5) is 4.79 Å². The Morgan fingerprint density at radius 2 is 1.88 bits per heavy atom. The van der Waals surface area contributed by atoms with Gasteiger partial charge < -0.3 is 20.3 Å². The number of amides is 2. The quantitative estimate of drug-likeness (QED) is 0.604. The largest absolute Gasteiger partial charge is 0.444 e. The Hall–Kier alpha value is -2.23. The molecule has 0 bridgehead atoms. The molecule has 2 amide bonds. The summed E-state index contributed by atoms with van der Waals surface area (Å²) in [6.45, 7) is 10.4. The van der Waals surface area contributed by atoms with Crippen molar-refractivity contribution in [2.24, 2.45) is 0 Å². The summed E-state index contributed by atoms with van der Waals surface area (Å²) < 4.78 is 5.36. The molecule has 0 aliphatic carbocycles. The van der Waals surface area contributed by atoms with Gasteiger partial charge in [0.05, 0.1) is 0 Å². The molecule has 2 N–H and O–H groups in total. The number of nitrogens with zero attached hydrogens (tertiary/aromatic N) is 2. The standard InChI is InChI=1S/C17H28N4O3/c1-12(2)20-15(22)13(10-18)11-19-14-6-8-21(9-7-14)16(23)24-17(3,4)5/h11-12,14,19H,6-9H2,1-5H3,(H,20,22)/b13-11-. The summed E-state index contributed by atoms with van der Waals surface area (Å²) in [5, 5.41) is 14.9. The Balaban J connectivity index is 2.48. The Morgan fingerprint density at radius 1 is 1.29 bits per heavy atom. The average molecular weight is 336 g/mol. The van der Waals surface area contributed by atoms with Gasteiger partial charge in [0.25, 0.3) is 5.91 Å². The highest BCUT2D eigenvalue weighted by Crippen LogP contribution is 2.15. The summed E-state index contributed by atoms with van der Waals surface area (Å²) in [6, 6.07) is 2.00. The summed E-state index contributed by atoms with van der Waals surface area (Å²) in [7, 11) is 0. The molecule has 0 saturated carbocycles. The highest BCUT2D eigenvalue weighted by molar-refractivity contribution is 5.97. The van der Waals surface area contributed by atoms with Crippen LogP contribution >= 0.6 is 0 Å². The highest BCUT2D eigenvalue weighted by Gasteiger charge is 2.26. The van der Waals surface area contributed by atoms with Crippen molar-refractivity contribution in [3.63, 3.8) is 0 Å². The lowest BCUT2D eigenvalue weighted by molar-refractivity contribution is -0.117. The second-order valence-electron chi connectivity index (χ2n) is 7.21. The minimum atomic E-state index is -0.500. The molecule has 24 heavy (non-hydrogen) atoms. The molecule has 0 atom stereocenters. The van der Waals surface area contributed by atoms with E-state index in [9.17, 15) is 9.59 Å². The summed E-state index contributed by atoms with van der Waals surface area (Å²) in [5.41, 5.74) is -0.446. The van der Waals surface area contributed by atoms with Crippen molar-refractivity contribution >= 4 is 12.0 Å². The number of piperidine rings is 1. The molecule has 0 radical (unpaired) electrons. The number of carbonyl (C=O) groups excluding carboxylic acids is 2. The predicted molar refractivity (Wildman–Crippen MR) is 90.9 cm³/mol. The second-order valence-corrected chi connectivity index (χ2v) is 7.21. The van der Waals surface area contributed by atoms with Crippen molar-refractivity contribution in [2.45, 2.75) is 65.1 Å². The Labute approximate surface area is 144 Å². The Kier molecular flexibility index (Phi) is 7.08. The molecule has 7 heteroatoms. The van der Waals surface area contributed by atoms with Gasteiger partial charge in [0.2, 0.25) is 0 Å². The van der Waals surface area contributed by atoms with Crippen LogP contribution in [-0.2, 0) is 9.53 Å². The first-order valence-corrected chi connectivity index (χ1v) is 8.27. The molecule has 7 nitrogen and oxygen atoms in total. The van der Waals surface area contributed by atoms with Gasteiger partial charge in [0.15, 0.2) is 0 Å². The first-order chi connectivity index (χ1) is 11.1. The van der Waals surface area contributed by atoms with E-state index in [1.165, 1.54) is 6.20 Å². The fourth-order valence-corrected chi connectivity index (χ4v) is 2.24. The van der Waals surface area contributed by atoms with E-state index in [0.29, 0.717) is 13.1 Å². The van der Waals surface area contributed by atoms with E-state index in [2.05, 4.69) is 10.6 Å². The molecule has 0 aromatic heterocycles. The summed E-state index contributed by atoms with van der Waals surface area (Å²) in [5.74, 6) is -0.383. The summed E-state index contributed by atoms with van der Waals surface area (Å²) >= 11 is 0. The fraction of sp³-hybridized carbons (Fsp3) is 0.706. The molecule has 1 heterocycles. The third-order valence-electron chi connectivity index (χ3n) is 3.39. The van der Waals surface area contributed by atoms with Gasteiger partial charge in [-0.25, -0.2) is 4.79 Å². The lowest BCUT2D eigenvalue weighted by atomic mass is 10.1. The smallest absolute Gasteiger partial charge is 0.410 e. The molecule has 134 valence electrons. The first kappa shape index (κ1) is 19.8. The van der Waals surface area contributed by atoms with Gasteiger partial charge in [-0.1, -0.05) is 0 Å². The lowest BCUT2D eigenvalue weighted by Crippen LogP contribution is -2.45. The summed E-state index contributed by atoms with van der Waals surface area (Å²) in [6.07, 6.45) is 2.64. The maximum absolute atomic E-state index is 12.0. The number of carbonyl (C=O) groups is 2. The normalized spacial score (nSPS) is 16.5. The van der Waals surface area contributed by atoms with Crippen LogP contribution in [0.2, 0.25) is 0 Å². The van der Waals surface area contributed by atoms with Crippen molar-refractivity contribution in [1.82, 2.24) is 15.5 Å². The van der Waals surface area contributed by atoms with Crippen LogP contribution < -0.4 is 10.6 Å². The summed E-state index contributed by atoms with van der Waals surface area (Å²) in [4.78, 5) is 25.5. The number of hydrogen-bond donors (Lipinski definition) is 2. The molecule has 0 aromatic carbocycles. The van der Waals surface area contributed by atoms with E-state index in [-0.39, 0.29) is 29.7 Å². The first-order valence-electron chi connectivity index (χ1n) is 8.27. The zero-order valence-corrected chi connectivity index (χ0v) is 15.2. The Morgan fingerprint density at radius 3 is 2.33 bits per heavy atom. The fourth-order valence-electron chi connectivity index (χ4n) is 2.24. The Bertz CT molecular complexity index is 521. The number of rotatable bonds is 4. The number of ether oxygens (including phenoxy) is 1. The molecule has 1 rings (SSSR count). The minimum absolute atomic E-state index is 0.0219. The monoisotopic (exact) mass is 336 g/mol. The number of nitrogens with one attached hydrogen (secondary N) is 2. The van der Waals surface area contributed by atoms with Gasteiger partial charge in [-0.2, -0.15) is 5.26 Å². The van der Waals surface area contributed by atoms with Gasteiger partial charge in [0.1, 0.15) is 17.2 Å². The topological polar surface area (TPSA) is 94.5 Å².